The normalized spacial score (nSPS) is 28.7. The van der Waals surface area contributed by atoms with Crippen LogP contribution in [-0.2, 0) is 23.1 Å². The number of fused-ring (bicyclic) bond motifs is 2. The van der Waals surface area contributed by atoms with Crippen LogP contribution in [0.2, 0.25) is 0 Å². The van der Waals surface area contributed by atoms with E-state index in [1.807, 2.05) is 0 Å². The molecule has 0 aromatic carbocycles. The molecule has 47 heavy (non-hydrogen) atoms. The number of rotatable bonds is 10. The van der Waals surface area contributed by atoms with Crippen LogP contribution in [0.3, 0.4) is 0 Å². The first kappa shape index (κ1) is 32.1. The van der Waals surface area contributed by atoms with Crippen LogP contribution >= 0.6 is 7.82 Å². The van der Waals surface area contributed by atoms with E-state index in [-0.39, 0.29) is 39.9 Å². The topological polar surface area (TPSA) is 392 Å². The van der Waals surface area contributed by atoms with Crippen LogP contribution in [0.5, 0.6) is 0 Å². The van der Waals surface area contributed by atoms with Crippen molar-refractivity contribution in [2.75, 3.05) is 24.7 Å². The van der Waals surface area contributed by atoms with Gasteiger partial charge in [-0.2, -0.15) is 0 Å². The zero-order valence-electron chi connectivity index (χ0n) is 23.3. The number of aliphatic hydroxyl groups excluding tert-OH is 4. The van der Waals surface area contributed by atoms with Gasteiger partial charge in [0.15, 0.2) is 46.4 Å². The zero-order chi connectivity index (χ0) is 33.6. The second kappa shape index (κ2) is 12.4. The maximum absolute atomic E-state index is 13.2. The molecule has 0 bridgehead atoms. The molecule has 2 saturated heterocycles. The van der Waals surface area contributed by atoms with Gasteiger partial charge in [-0.25, -0.2) is 34.5 Å². The van der Waals surface area contributed by atoms with Crippen molar-refractivity contribution in [3.05, 3.63) is 33.5 Å². The minimum Gasteiger partial charge on any atom is -0.394 e. The van der Waals surface area contributed by atoms with Crippen LogP contribution in [0.25, 0.3) is 43.2 Å². The molecule has 0 aliphatic carbocycles. The number of phosphoric ester groups is 1. The molecule has 2 fully saturated rings. The number of nitrogens with zero attached hydrogens (tertiary/aromatic N) is 14. The van der Waals surface area contributed by atoms with Crippen molar-refractivity contribution in [3.63, 3.8) is 0 Å². The lowest BCUT2D eigenvalue weighted by Gasteiger charge is -2.25. The molecule has 2 aliphatic heterocycles. The van der Waals surface area contributed by atoms with Gasteiger partial charge in [0, 0.05) is 9.82 Å². The summed E-state index contributed by atoms with van der Waals surface area (Å²) in [5.41, 5.74) is 29.6. The number of nitrogen functional groups attached to an aromatic ring is 2. The number of phosphoric acid groups is 1. The van der Waals surface area contributed by atoms with Gasteiger partial charge in [-0.05, 0) is 21.3 Å². The van der Waals surface area contributed by atoms with Gasteiger partial charge < -0.3 is 46.3 Å². The number of aliphatic hydroxyl groups is 4. The van der Waals surface area contributed by atoms with Crippen LogP contribution in [0, 0.1) is 0 Å². The van der Waals surface area contributed by atoms with Crippen LogP contribution in [0.4, 0.5) is 23.5 Å². The largest absolute Gasteiger partial charge is 0.472 e. The van der Waals surface area contributed by atoms with Crippen molar-refractivity contribution < 1.29 is 48.4 Å². The molecule has 9 N–H and O–H groups in total. The second-order valence-electron chi connectivity index (χ2n) is 9.92. The monoisotopic (exact) mass is 678 g/mol. The SMILES string of the molecule is [N-]=[N+]=Nc1nc2c(N)ncnc2n1C1O[C@H](COP(=O)(O)O[C@H]2C(n3c(N=[N+]=[N-])nc4c(N)ncnc43)O[C@H](CO)[C@H]2O)[C@@H](O)[C@H]1O. The average Bonchev–Trinajstić information content (AvgIpc) is 3.75. The Bertz CT molecular complexity index is 1980. The minimum absolute atomic E-state index is 0.00432. The van der Waals surface area contributed by atoms with Crippen LogP contribution in [0.15, 0.2) is 22.9 Å². The van der Waals surface area contributed by atoms with Gasteiger partial charge in [0.25, 0.3) is 0 Å². The molecule has 2 aliphatic rings. The molecule has 0 radical (unpaired) electrons. The van der Waals surface area contributed by atoms with E-state index < -0.39 is 76.1 Å². The number of azide groups is 2. The van der Waals surface area contributed by atoms with Crippen LogP contribution < -0.4 is 11.5 Å². The van der Waals surface area contributed by atoms with Crippen molar-refractivity contribution in [2.45, 2.75) is 49.1 Å². The predicted molar refractivity (Wildman–Crippen MR) is 151 cm³/mol. The molecule has 26 nitrogen and oxygen atoms in total. The Labute approximate surface area is 259 Å². The zero-order valence-corrected chi connectivity index (χ0v) is 24.2. The molecule has 27 heteroatoms. The Hall–Kier alpha value is -4.81. The maximum atomic E-state index is 13.2. The summed E-state index contributed by atoms with van der Waals surface area (Å²) in [5.74, 6) is -0.937. The van der Waals surface area contributed by atoms with Gasteiger partial charge in [0.2, 0.25) is 11.9 Å². The lowest BCUT2D eigenvalue weighted by molar-refractivity contribution is -0.0608. The fraction of sp³-hybridized carbons (Fsp3) is 0.500. The lowest BCUT2D eigenvalue weighted by atomic mass is 10.1. The van der Waals surface area contributed by atoms with Gasteiger partial charge in [-0.15, -0.1) is 0 Å². The van der Waals surface area contributed by atoms with E-state index in [2.05, 4.69) is 50.0 Å². The van der Waals surface area contributed by atoms with E-state index in [0.717, 1.165) is 21.8 Å². The Balaban J connectivity index is 1.24. The Kier molecular flexibility index (Phi) is 8.49. The molecular formula is C20H23N16O10P. The lowest BCUT2D eigenvalue weighted by Crippen LogP contribution is -2.36. The van der Waals surface area contributed by atoms with Crippen molar-refractivity contribution in [1.29, 1.82) is 0 Å². The molecule has 4 aromatic rings. The highest BCUT2D eigenvalue weighted by Crippen LogP contribution is 2.51. The maximum Gasteiger partial charge on any atom is 0.472 e. The molecule has 3 unspecified atom stereocenters. The van der Waals surface area contributed by atoms with E-state index in [4.69, 9.17) is 41.1 Å². The van der Waals surface area contributed by atoms with E-state index in [1.54, 1.807) is 0 Å². The third kappa shape index (κ3) is 5.61. The molecule has 0 amide bonds. The third-order valence-corrected chi connectivity index (χ3v) is 8.22. The summed E-state index contributed by atoms with van der Waals surface area (Å²) in [5, 5.41) is 49.0. The summed E-state index contributed by atoms with van der Waals surface area (Å²) >= 11 is 0. The van der Waals surface area contributed by atoms with E-state index in [0.29, 0.717) is 0 Å². The fourth-order valence-electron chi connectivity index (χ4n) is 5.14. The van der Waals surface area contributed by atoms with Crippen molar-refractivity contribution in [3.8, 4) is 0 Å². The van der Waals surface area contributed by atoms with Gasteiger partial charge in [0.05, 0.1) is 13.2 Å². The van der Waals surface area contributed by atoms with E-state index in [1.165, 1.54) is 0 Å². The molecule has 4 aromatic heterocycles. The number of hydrogen-bond donors (Lipinski definition) is 7. The number of anilines is 2. The molecule has 248 valence electrons. The van der Waals surface area contributed by atoms with Gasteiger partial charge in [-0.1, -0.05) is 0 Å². The number of imidazole rings is 2. The Morgan fingerprint density at radius 3 is 1.94 bits per heavy atom. The number of hydrogen-bond acceptors (Lipinski definition) is 19. The molecule has 6 rings (SSSR count). The number of nitrogens with two attached hydrogens (primary N) is 2. The third-order valence-electron chi connectivity index (χ3n) is 7.24. The minimum atomic E-state index is -5.21. The summed E-state index contributed by atoms with van der Waals surface area (Å²) in [7, 11) is -5.21. The number of aromatic nitrogens is 8. The van der Waals surface area contributed by atoms with Crippen LogP contribution in [0.1, 0.15) is 12.5 Å². The molecule has 0 spiro atoms. The standard InChI is InChI=1S/C20H23N16O10P/c21-13-7-15(27-3-25-13)35(19(29-7)31-33-23)17-11(40)9(38)6(45-17)2-43-47(41,42)46-12-10(39)5(1-37)44-18(12)36-16-8(14(22)26-4-28-16)30-20(36)32-34-24/h3-6,9-12,17-18,37-40H,1-2H2,(H,41,42)(H2,21,25,27)(H2,22,26,28)/t5-,6-,9-,10-,11-,12-,17?,18?/m1/s1. The summed E-state index contributed by atoms with van der Waals surface area (Å²) in [4.78, 5) is 39.8. The van der Waals surface area contributed by atoms with Crippen LogP contribution in [-0.4, -0.2) is 114 Å². The smallest absolute Gasteiger partial charge is 0.394 e. The first-order valence-corrected chi connectivity index (χ1v) is 14.7. The highest BCUT2D eigenvalue weighted by molar-refractivity contribution is 7.47. The molecule has 9 atom stereocenters. The first-order chi connectivity index (χ1) is 22.5. The quantitative estimate of drug-likeness (QED) is 0.0461. The highest BCUT2D eigenvalue weighted by Gasteiger charge is 2.51. The summed E-state index contributed by atoms with van der Waals surface area (Å²) in [6, 6.07) is 0. The fourth-order valence-corrected chi connectivity index (χ4v) is 6.07. The highest BCUT2D eigenvalue weighted by atomic mass is 31.2. The molecule has 6 heterocycles. The van der Waals surface area contributed by atoms with Gasteiger partial charge in [-0.3, -0.25) is 18.2 Å². The summed E-state index contributed by atoms with van der Waals surface area (Å²) < 4.78 is 37.0. The van der Waals surface area contributed by atoms with Crippen molar-refractivity contribution in [2.24, 2.45) is 10.2 Å². The average molecular weight is 678 g/mol. The number of ether oxygens (including phenoxy) is 2. The van der Waals surface area contributed by atoms with Crippen molar-refractivity contribution >= 4 is 53.7 Å². The first-order valence-electron chi connectivity index (χ1n) is 13.2. The second-order valence-corrected chi connectivity index (χ2v) is 11.3. The summed E-state index contributed by atoms with van der Waals surface area (Å²) in [6.45, 7) is -1.64. The van der Waals surface area contributed by atoms with E-state index in [9.17, 15) is 29.9 Å². The predicted octanol–water partition coefficient (Wildman–Crippen LogP) is -0.914. The molecular weight excluding hydrogens is 655 g/mol. The van der Waals surface area contributed by atoms with Gasteiger partial charge >= 0.3 is 7.82 Å². The Morgan fingerprint density at radius 2 is 1.40 bits per heavy atom. The Morgan fingerprint density at radius 1 is 0.872 bits per heavy atom. The van der Waals surface area contributed by atoms with Crippen molar-refractivity contribution in [1.82, 2.24) is 39.0 Å². The molecule has 0 saturated carbocycles. The van der Waals surface area contributed by atoms with E-state index >= 15 is 0 Å². The summed E-state index contributed by atoms with van der Waals surface area (Å²) in [6.07, 6.45) is -10.8. The van der Waals surface area contributed by atoms with Gasteiger partial charge in [0.1, 0.15) is 49.3 Å².